The summed E-state index contributed by atoms with van der Waals surface area (Å²) in [5.74, 6) is 5.68. The molecule has 0 aromatic heterocycles. The topological polar surface area (TPSA) is 0 Å². The number of hydrogen-bond acceptors (Lipinski definition) is 0. The van der Waals surface area contributed by atoms with Crippen LogP contribution < -0.4 is 0 Å². The molecule has 40 heavy (non-hydrogen) atoms. The van der Waals surface area contributed by atoms with E-state index in [-0.39, 0.29) is 88.6 Å². The van der Waals surface area contributed by atoms with Crippen molar-refractivity contribution in [2.45, 2.75) is 83.1 Å². The van der Waals surface area contributed by atoms with Crippen molar-refractivity contribution < 1.29 is 73.7 Å². The van der Waals surface area contributed by atoms with Crippen molar-refractivity contribution in [2.24, 2.45) is 21.7 Å². The molecule has 4 rings (SSSR count). The van der Waals surface area contributed by atoms with Crippen LogP contribution in [0.3, 0.4) is 0 Å². The molecule has 0 saturated heterocycles. The molecule has 0 unspecified atom stereocenters. The van der Waals surface area contributed by atoms with Gasteiger partial charge in [0, 0.05) is 73.7 Å². The summed E-state index contributed by atoms with van der Waals surface area (Å²) in [5, 5.41) is 0. The predicted molar refractivity (Wildman–Crippen MR) is 172 cm³/mol. The Morgan fingerprint density at radius 1 is 0.275 bits per heavy atom. The van der Waals surface area contributed by atoms with E-state index in [1.165, 1.54) is 23.7 Å². The summed E-state index contributed by atoms with van der Waals surface area (Å²) in [6, 6.07) is 0. The van der Waals surface area contributed by atoms with Gasteiger partial charge in [0.15, 0.2) is 0 Å². The maximum atomic E-state index is 2.22. The van der Waals surface area contributed by atoms with Crippen LogP contribution in [-0.4, -0.2) is 0 Å². The normalized spacial score (nSPS) is 20.7. The molecule has 0 aliphatic heterocycles. The van der Waals surface area contributed by atoms with Crippen LogP contribution in [0.2, 0.25) is 0 Å². The van der Waals surface area contributed by atoms with Gasteiger partial charge in [0.2, 0.25) is 0 Å². The molecule has 22 radical (unpaired) electrons. The first-order valence-corrected chi connectivity index (χ1v) is 13.3. The molecule has 0 nitrogen and oxygen atoms in total. The number of rotatable bonds is 0. The second-order valence-corrected chi connectivity index (χ2v) is 13.7. The minimum atomic E-state index is 0. The summed E-state index contributed by atoms with van der Waals surface area (Å²) < 4.78 is 0. The van der Waals surface area contributed by atoms with E-state index in [1.807, 2.05) is 0 Å². The molecule has 4 aliphatic rings. The molecule has 242 valence electrons. The largest absolute Gasteiger partial charge is 0.358 e. The molecule has 0 atom stereocenters. The second kappa shape index (κ2) is 22.9. The SMILES string of the molecule is CC(C)(C)[C]1[CH][CH][CH][CH]1.CC(C)(C)[C]1[CH][CH][CH][CH]1.CC(C)(C)[C]1[CH][CH][CH][CH]1.CC(C)(C)[C]1[CH][CH][CH][CH]1.[CH3-].[CH3-].[Lu].[Lu]. The standard InChI is InChI=1S/4C9H13.2CH3.2Lu/c4*1-9(2,3)8-6-4-5-7-8;;;;/h4*4-7H,1-3H3;2*1H3;;/q;;;;2*-1;;. The molecule has 0 aromatic carbocycles. The van der Waals surface area contributed by atoms with Gasteiger partial charge in [-0.3, -0.25) is 0 Å². The van der Waals surface area contributed by atoms with Crippen LogP contribution in [-0.2, 0) is 0 Å². The van der Waals surface area contributed by atoms with E-state index < -0.39 is 0 Å². The predicted octanol–water partition coefficient (Wildman–Crippen LogP) is 10.7. The summed E-state index contributed by atoms with van der Waals surface area (Å²) in [6.45, 7) is 26.7. The molecule has 4 saturated carbocycles. The quantitative estimate of drug-likeness (QED) is 0.213. The van der Waals surface area contributed by atoms with E-state index >= 15 is 0 Å². The average molecular weight is 865 g/mol. The van der Waals surface area contributed by atoms with Crippen molar-refractivity contribution in [3.05, 3.63) is 141 Å². The fourth-order valence-electron chi connectivity index (χ4n) is 3.50. The van der Waals surface area contributed by atoms with Crippen LogP contribution in [0.15, 0.2) is 0 Å². The van der Waals surface area contributed by atoms with E-state index in [0.29, 0.717) is 21.7 Å². The monoisotopic (exact) mass is 864 g/mol. The van der Waals surface area contributed by atoms with Crippen molar-refractivity contribution in [1.82, 2.24) is 0 Å². The summed E-state index contributed by atoms with van der Waals surface area (Å²) in [4.78, 5) is 0. The molecule has 0 aromatic rings. The molecular formula is C38H58Lu2-2. The van der Waals surface area contributed by atoms with Crippen molar-refractivity contribution >= 4 is 0 Å². The minimum Gasteiger partial charge on any atom is -0.358 e. The molecule has 0 spiro atoms. The second-order valence-electron chi connectivity index (χ2n) is 13.7. The van der Waals surface area contributed by atoms with Crippen LogP contribution in [0.4, 0.5) is 0 Å². The smallest absolute Gasteiger partial charge is 0 e. The summed E-state index contributed by atoms with van der Waals surface area (Å²) in [5.41, 5.74) is 1.29. The van der Waals surface area contributed by atoms with Gasteiger partial charge in [-0.1, -0.05) is 83.1 Å². The van der Waals surface area contributed by atoms with Gasteiger partial charge in [0.1, 0.15) is 0 Å². The Bertz CT molecular complexity index is 438. The Hall–Kier alpha value is 2.47. The molecule has 0 heterocycles. The minimum absolute atomic E-state index is 0. The van der Waals surface area contributed by atoms with E-state index in [1.54, 1.807) is 0 Å². The third-order valence-electron chi connectivity index (χ3n) is 6.11. The Morgan fingerprint density at radius 2 is 0.375 bits per heavy atom. The van der Waals surface area contributed by atoms with Crippen molar-refractivity contribution in [3.63, 3.8) is 0 Å². The van der Waals surface area contributed by atoms with Crippen molar-refractivity contribution in [2.75, 3.05) is 0 Å². The van der Waals surface area contributed by atoms with E-state index in [9.17, 15) is 0 Å². The summed E-state index contributed by atoms with van der Waals surface area (Å²) >= 11 is 0. The molecule has 2 heteroatoms. The van der Waals surface area contributed by atoms with Gasteiger partial charge in [-0.15, -0.1) is 0 Å². The van der Waals surface area contributed by atoms with Gasteiger partial charge in [-0.05, 0) is 148 Å². The van der Waals surface area contributed by atoms with Crippen LogP contribution >= 0.6 is 0 Å². The molecule has 4 fully saturated rings. The number of hydrogen-bond donors (Lipinski definition) is 0. The Kier molecular flexibility index (Phi) is 28.2. The van der Waals surface area contributed by atoms with Gasteiger partial charge in [0.05, 0.1) is 0 Å². The molecule has 0 N–H and O–H groups in total. The zero-order chi connectivity index (χ0) is 27.6. The summed E-state index contributed by atoms with van der Waals surface area (Å²) in [7, 11) is 0. The zero-order valence-electron chi connectivity index (χ0n) is 27.8. The van der Waals surface area contributed by atoms with Crippen molar-refractivity contribution in [3.8, 4) is 0 Å². The maximum absolute atomic E-state index is 2.22. The first-order valence-electron chi connectivity index (χ1n) is 13.3. The summed E-state index contributed by atoms with van der Waals surface area (Å²) in [6.07, 6.45) is 34.0. The van der Waals surface area contributed by atoms with Crippen LogP contribution in [0, 0.1) is 237 Å². The Morgan fingerprint density at radius 3 is 0.425 bits per heavy atom. The fraction of sp³-hybridized carbons (Fsp3) is 0.421. The fourth-order valence-corrected chi connectivity index (χ4v) is 3.50. The van der Waals surface area contributed by atoms with Crippen LogP contribution in [0.25, 0.3) is 0 Å². The van der Waals surface area contributed by atoms with Gasteiger partial charge < -0.3 is 14.9 Å². The van der Waals surface area contributed by atoms with Crippen molar-refractivity contribution in [1.29, 1.82) is 0 Å². The van der Waals surface area contributed by atoms with Crippen LogP contribution in [0.5, 0.6) is 0 Å². The van der Waals surface area contributed by atoms with E-state index in [2.05, 4.69) is 186 Å². The van der Waals surface area contributed by atoms with E-state index in [4.69, 9.17) is 0 Å². The molecule has 0 amide bonds. The van der Waals surface area contributed by atoms with Gasteiger partial charge >= 0.3 is 0 Å². The Labute approximate surface area is 316 Å². The van der Waals surface area contributed by atoms with Crippen LogP contribution in [0.1, 0.15) is 83.1 Å². The molecular weight excluding hydrogens is 806 g/mol. The maximum Gasteiger partial charge on any atom is 0 e. The van der Waals surface area contributed by atoms with Gasteiger partial charge in [0.25, 0.3) is 0 Å². The average Bonchev–Trinajstić information content (AvgIpc) is 3.57. The molecule has 4 aliphatic carbocycles. The first-order chi connectivity index (χ1) is 16.4. The zero-order valence-corrected chi connectivity index (χ0v) is 31.1. The third-order valence-corrected chi connectivity index (χ3v) is 6.11. The first kappa shape index (κ1) is 49.3. The Balaban J connectivity index is -0.000000209. The van der Waals surface area contributed by atoms with E-state index in [0.717, 1.165) is 0 Å². The third kappa shape index (κ3) is 21.2. The molecule has 0 bridgehead atoms. The van der Waals surface area contributed by atoms with Gasteiger partial charge in [-0.2, -0.15) is 0 Å². The van der Waals surface area contributed by atoms with Gasteiger partial charge in [-0.25, -0.2) is 0 Å².